The van der Waals surface area contributed by atoms with Crippen molar-refractivity contribution >= 4 is 17.7 Å². The molecule has 3 fully saturated rings. The molecule has 3 aliphatic rings. The Morgan fingerprint density at radius 2 is 1.80 bits per heavy atom. The Labute approximate surface area is 266 Å². The highest BCUT2D eigenvalue weighted by Crippen LogP contribution is 2.40. The SMILES string of the molecule is CCCCN1C(=O)[C@@H]([C@H](O)C2CCCCC2)NC(=O)C12CCN(C(c1ccc(C(=O)NCCO)cc1)c1c(C)n[nH]c1C)CC2. The van der Waals surface area contributed by atoms with E-state index in [1.54, 1.807) is 12.1 Å². The lowest BCUT2D eigenvalue weighted by molar-refractivity contribution is -0.166. The highest BCUT2D eigenvalue weighted by Gasteiger charge is 2.55. The third-order valence-corrected chi connectivity index (χ3v) is 10.3. The predicted octanol–water partition coefficient (Wildman–Crippen LogP) is 2.74. The van der Waals surface area contributed by atoms with E-state index in [0.29, 0.717) is 38.0 Å². The third-order valence-electron chi connectivity index (χ3n) is 10.3. The summed E-state index contributed by atoms with van der Waals surface area (Å²) in [5, 5.41) is 33.7. The van der Waals surface area contributed by atoms with E-state index in [2.05, 4.69) is 32.7 Å². The van der Waals surface area contributed by atoms with Crippen LogP contribution >= 0.6 is 0 Å². The summed E-state index contributed by atoms with van der Waals surface area (Å²) in [6.07, 6.45) is 6.82. The maximum absolute atomic E-state index is 14.1. The number of hydrogen-bond acceptors (Lipinski definition) is 7. The molecule has 1 unspecified atom stereocenters. The topological polar surface area (TPSA) is 151 Å². The molecule has 0 radical (unpaired) electrons. The summed E-state index contributed by atoms with van der Waals surface area (Å²) in [7, 11) is 0. The minimum absolute atomic E-state index is 0.0336. The molecule has 3 amide bonds. The molecular formula is C34H50N6O5. The molecule has 3 atom stereocenters. The van der Waals surface area contributed by atoms with E-state index in [4.69, 9.17) is 5.11 Å². The summed E-state index contributed by atoms with van der Waals surface area (Å²) < 4.78 is 0. The van der Waals surface area contributed by atoms with Crippen LogP contribution in [0.1, 0.15) is 104 Å². The van der Waals surface area contributed by atoms with Crippen LogP contribution in [0.2, 0.25) is 0 Å². The predicted molar refractivity (Wildman–Crippen MR) is 170 cm³/mol. The van der Waals surface area contributed by atoms with Crippen molar-refractivity contribution in [3.8, 4) is 0 Å². The first-order valence-electron chi connectivity index (χ1n) is 16.8. The molecule has 2 aliphatic heterocycles. The molecule has 2 saturated heterocycles. The number of aromatic nitrogens is 2. The molecule has 1 aliphatic carbocycles. The number of benzene rings is 1. The Morgan fingerprint density at radius 3 is 2.40 bits per heavy atom. The number of amides is 3. The van der Waals surface area contributed by atoms with E-state index >= 15 is 0 Å². The number of rotatable bonds is 11. The molecule has 45 heavy (non-hydrogen) atoms. The number of aryl methyl sites for hydroxylation is 2. The minimum Gasteiger partial charge on any atom is -0.395 e. The van der Waals surface area contributed by atoms with Gasteiger partial charge in [-0.15, -0.1) is 0 Å². The van der Waals surface area contributed by atoms with Crippen molar-refractivity contribution < 1.29 is 24.6 Å². The highest BCUT2D eigenvalue weighted by atomic mass is 16.3. The Kier molecular flexibility index (Phi) is 10.6. The first kappa shape index (κ1) is 33.1. The van der Waals surface area contributed by atoms with Crippen LogP contribution in [0.4, 0.5) is 0 Å². The van der Waals surface area contributed by atoms with Gasteiger partial charge in [-0.2, -0.15) is 5.10 Å². The molecule has 1 aromatic carbocycles. The lowest BCUT2D eigenvalue weighted by atomic mass is 9.77. The van der Waals surface area contributed by atoms with Crippen LogP contribution in [0.15, 0.2) is 24.3 Å². The van der Waals surface area contributed by atoms with Crippen LogP contribution in [0.5, 0.6) is 0 Å². The number of carbonyl (C=O) groups is 3. The molecule has 11 heteroatoms. The first-order valence-corrected chi connectivity index (χ1v) is 16.8. The van der Waals surface area contributed by atoms with E-state index in [9.17, 15) is 19.5 Å². The van der Waals surface area contributed by atoms with Crippen LogP contribution < -0.4 is 10.6 Å². The van der Waals surface area contributed by atoms with Gasteiger partial charge in [0.25, 0.3) is 5.91 Å². The number of piperazine rings is 1. The molecule has 11 nitrogen and oxygen atoms in total. The average molecular weight is 623 g/mol. The standard InChI is InChI=1S/C34H50N6O5/c1-4-5-18-40-32(44)28(30(42)25-9-7-6-8-10-25)36-33(45)34(40)15-19-39(20-16-34)29(27-22(2)37-38-23(27)3)24-11-13-26(14-12-24)31(43)35-17-21-41/h11-14,25,28-30,41-42H,4-10,15-21H2,1-3H3,(H,35,43)(H,36,45)(H,37,38)/t28-,29?,30-/m1/s1. The Morgan fingerprint density at radius 1 is 1.11 bits per heavy atom. The fraction of sp³-hybridized carbons (Fsp3) is 0.647. The summed E-state index contributed by atoms with van der Waals surface area (Å²) in [6, 6.07) is 6.44. The summed E-state index contributed by atoms with van der Waals surface area (Å²) in [5.74, 6) is -0.507. The van der Waals surface area contributed by atoms with E-state index in [1.165, 1.54) is 0 Å². The zero-order valence-corrected chi connectivity index (χ0v) is 27.0. The van der Waals surface area contributed by atoms with Crippen molar-refractivity contribution in [2.75, 3.05) is 32.8 Å². The number of hydrogen-bond donors (Lipinski definition) is 5. The minimum atomic E-state index is -0.953. The van der Waals surface area contributed by atoms with Gasteiger partial charge in [-0.05, 0) is 69.6 Å². The van der Waals surface area contributed by atoms with Gasteiger partial charge in [0, 0.05) is 43.0 Å². The molecular weight excluding hydrogens is 572 g/mol. The number of piperidine rings is 1. The van der Waals surface area contributed by atoms with E-state index in [1.807, 2.05) is 30.9 Å². The van der Waals surface area contributed by atoms with Gasteiger partial charge in [0.2, 0.25) is 11.8 Å². The molecule has 246 valence electrons. The maximum Gasteiger partial charge on any atom is 0.251 e. The molecule has 0 bridgehead atoms. The fourth-order valence-corrected chi connectivity index (χ4v) is 7.72. The Bertz CT molecular complexity index is 1310. The quantitative estimate of drug-likeness (QED) is 0.259. The van der Waals surface area contributed by atoms with Crippen molar-refractivity contribution in [1.29, 1.82) is 0 Å². The van der Waals surface area contributed by atoms with Gasteiger partial charge in [0.15, 0.2) is 0 Å². The van der Waals surface area contributed by atoms with Gasteiger partial charge in [0.1, 0.15) is 11.6 Å². The number of H-pyrrole nitrogens is 1. The van der Waals surface area contributed by atoms with Gasteiger partial charge < -0.3 is 25.7 Å². The number of aromatic amines is 1. The van der Waals surface area contributed by atoms with Crippen LogP contribution in [0.25, 0.3) is 0 Å². The lowest BCUT2D eigenvalue weighted by Gasteiger charge is -2.53. The summed E-state index contributed by atoms with van der Waals surface area (Å²) in [5.41, 5.74) is 3.46. The number of likely N-dealkylation sites (tertiary alicyclic amines) is 1. The second-order valence-electron chi connectivity index (χ2n) is 13.1. The van der Waals surface area contributed by atoms with Gasteiger partial charge in [-0.25, -0.2) is 0 Å². The summed E-state index contributed by atoms with van der Waals surface area (Å²) >= 11 is 0. The van der Waals surface area contributed by atoms with E-state index in [0.717, 1.165) is 67.5 Å². The smallest absolute Gasteiger partial charge is 0.251 e. The van der Waals surface area contributed by atoms with Crippen molar-refractivity contribution in [2.24, 2.45) is 5.92 Å². The van der Waals surface area contributed by atoms with Crippen molar-refractivity contribution in [1.82, 2.24) is 30.6 Å². The van der Waals surface area contributed by atoms with Crippen molar-refractivity contribution in [2.45, 2.75) is 102 Å². The van der Waals surface area contributed by atoms with E-state index in [-0.39, 0.29) is 42.8 Å². The zero-order valence-electron chi connectivity index (χ0n) is 27.0. The van der Waals surface area contributed by atoms with Crippen molar-refractivity contribution in [3.05, 3.63) is 52.3 Å². The fourth-order valence-electron chi connectivity index (χ4n) is 7.72. The molecule has 1 spiro atoms. The number of aliphatic hydroxyl groups excluding tert-OH is 2. The third kappa shape index (κ3) is 6.66. The average Bonchev–Trinajstić information content (AvgIpc) is 3.39. The van der Waals surface area contributed by atoms with Gasteiger partial charge >= 0.3 is 0 Å². The normalized spacial score (nSPS) is 22.3. The number of unbranched alkanes of at least 4 members (excludes halogenated alkanes) is 1. The zero-order chi connectivity index (χ0) is 32.1. The Balaban J connectivity index is 1.39. The summed E-state index contributed by atoms with van der Waals surface area (Å²) in [6.45, 7) is 7.78. The number of carbonyl (C=O) groups excluding carboxylic acids is 3. The molecule has 5 N–H and O–H groups in total. The van der Waals surface area contributed by atoms with E-state index < -0.39 is 17.7 Å². The van der Waals surface area contributed by atoms with Crippen LogP contribution in [-0.4, -0.2) is 98.4 Å². The monoisotopic (exact) mass is 622 g/mol. The van der Waals surface area contributed by atoms with Crippen LogP contribution in [0.3, 0.4) is 0 Å². The molecule has 5 rings (SSSR count). The van der Waals surface area contributed by atoms with Crippen LogP contribution in [-0.2, 0) is 9.59 Å². The van der Waals surface area contributed by atoms with Crippen molar-refractivity contribution in [3.63, 3.8) is 0 Å². The van der Waals surface area contributed by atoms with Gasteiger partial charge in [-0.1, -0.05) is 44.7 Å². The number of aliphatic hydroxyl groups is 2. The summed E-state index contributed by atoms with van der Waals surface area (Å²) in [4.78, 5) is 44.8. The molecule has 2 aromatic rings. The first-order chi connectivity index (χ1) is 21.7. The molecule has 3 heterocycles. The van der Waals surface area contributed by atoms with Gasteiger partial charge in [-0.3, -0.25) is 24.4 Å². The van der Waals surface area contributed by atoms with Crippen LogP contribution in [0, 0.1) is 19.8 Å². The van der Waals surface area contributed by atoms with Gasteiger partial charge in [0.05, 0.1) is 24.4 Å². The number of nitrogens with zero attached hydrogens (tertiary/aromatic N) is 3. The molecule has 1 aromatic heterocycles. The second kappa shape index (κ2) is 14.4. The second-order valence-corrected chi connectivity index (χ2v) is 13.1. The highest BCUT2D eigenvalue weighted by molar-refractivity contribution is 6.00. The largest absolute Gasteiger partial charge is 0.395 e. The maximum atomic E-state index is 14.1. The lowest BCUT2D eigenvalue weighted by Crippen LogP contribution is -2.75. The molecule has 1 saturated carbocycles. The Hall–Kier alpha value is -3.28. The number of nitrogens with one attached hydrogen (secondary N) is 3.